The number of rotatable bonds is 3. The fraction of sp³-hybridized carbons (Fsp3) is 0.111. The van der Waals surface area contributed by atoms with E-state index >= 15 is 0 Å². The Labute approximate surface area is 133 Å². The normalized spacial score (nSPS) is 11.2. The van der Waals surface area contributed by atoms with Gasteiger partial charge in [0, 0.05) is 18.8 Å². The number of carbonyl (C=O) groups is 1. The van der Waals surface area contributed by atoms with E-state index < -0.39 is 0 Å². The number of carbonyl (C=O) groups excluding carboxylic acids is 1. The second-order valence-electron chi connectivity index (χ2n) is 5.09. The van der Waals surface area contributed by atoms with Crippen LogP contribution < -0.4 is 4.90 Å². The highest BCUT2D eigenvalue weighted by atomic mass is 32.1. The molecule has 1 amide bonds. The van der Waals surface area contributed by atoms with Gasteiger partial charge in [-0.3, -0.25) is 4.79 Å². The van der Waals surface area contributed by atoms with Gasteiger partial charge in [-0.15, -0.1) is 11.3 Å². The fourth-order valence-electron chi connectivity index (χ4n) is 2.11. The Morgan fingerprint density at radius 1 is 1.14 bits per heavy atom. The first-order chi connectivity index (χ1) is 10.6. The van der Waals surface area contributed by atoms with Crippen LogP contribution in [0.3, 0.4) is 0 Å². The summed E-state index contributed by atoms with van der Waals surface area (Å²) >= 11 is 1.58. The third-order valence-corrected chi connectivity index (χ3v) is 4.43. The largest absolute Gasteiger partial charge is 0.312 e. The molecule has 0 aliphatic rings. The van der Waals surface area contributed by atoms with Crippen molar-refractivity contribution in [3.63, 3.8) is 0 Å². The molecule has 3 nitrogen and oxygen atoms in total. The Balaban J connectivity index is 1.76. The number of aromatic nitrogens is 1. The van der Waals surface area contributed by atoms with Gasteiger partial charge >= 0.3 is 0 Å². The average molecular weight is 308 g/mol. The van der Waals surface area contributed by atoms with Crippen LogP contribution in [0.1, 0.15) is 10.6 Å². The minimum Gasteiger partial charge on any atom is -0.312 e. The summed E-state index contributed by atoms with van der Waals surface area (Å²) in [5, 5.41) is 0.840. The van der Waals surface area contributed by atoms with Gasteiger partial charge < -0.3 is 4.90 Å². The predicted molar refractivity (Wildman–Crippen MR) is 93.2 cm³/mol. The van der Waals surface area contributed by atoms with E-state index in [0.717, 1.165) is 20.9 Å². The van der Waals surface area contributed by atoms with E-state index in [-0.39, 0.29) is 5.91 Å². The molecule has 0 unspecified atom stereocenters. The highest BCUT2D eigenvalue weighted by Gasteiger charge is 2.07. The lowest BCUT2D eigenvalue weighted by atomic mass is 10.2. The Morgan fingerprint density at radius 2 is 1.86 bits per heavy atom. The molecule has 3 aromatic rings. The van der Waals surface area contributed by atoms with E-state index in [1.807, 2.05) is 55.5 Å². The van der Waals surface area contributed by atoms with Crippen LogP contribution in [0.5, 0.6) is 0 Å². The molecule has 1 aromatic heterocycles. The monoisotopic (exact) mass is 308 g/mol. The van der Waals surface area contributed by atoms with Crippen LogP contribution in [-0.2, 0) is 4.79 Å². The lowest BCUT2D eigenvalue weighted by Crippen LogP contribution is -2.23. The topological polar surface area (TPSA) is 33.2 Å². The molecule has 22 heavy (non-hydrogen) atoms. The van der Waals surface area contributed by atoms with Crippen LogP contribution in [0.2, 0.25) is 0 Å². The maximum absolute atomic E-state index is 12.2. The summed E-state index contributed by atoms with van der Waals surface area (Å²) in [6, 6.07) is 15.8. The molecule has 3 rings (SSSR count). The summed E-state index contributed by atoms with van der Waals surface area (Å²) in [6.45, 7) is 2.03. The van der Waals surface area contributed by atoms with Crippen molar-refractivity contribution < 1.29 is 4.79 Å². The first-order valence-corrected chi connectivity index (χ1v) is 7.83. The van der Waals surface area contributed by atoms with Crippen molar-refractivity contribution in [2.75, 3.05) is 11.9 Å². The van der Waals surface area contributed by atoms with Crippen molar-refractivity contribution in [2.45, 2.75) is 6.92 Å². The summed E-state index contributed by atoms with van der Waals surface area (Å²) < 4.78 is 1.13. The smallest absolute Gasteiger partial charge is 0.250 e. The third kappa shape index (κ3) is 3.07. The minimum atomic E-state index is -0.0666. The van der Waals surface area contributed by atoms with Crippen LogP contribution in [0.25, 0.3) is 16.3 Å². The van der Waals surface area contributed by atoms with Gasteiger partial charge in [-0.2, -0.15) is 0 Å². The first kappa shape index (κ1) is 14.5. The number of likely N-dealkylation sites (N-methyl/N-ethyl adjacent to an activating group) is 1. The molecule has 110 valence electrons. The molecule has 1 heterocycles. The van der Waals surface area contributed by atoms with E-state index in [9.17, 15) is 4.79 Å². The SMILES string of the molecule is Cc1ccc(N(C)C(=O)/C=C/c2nc3ccccc3s2)cc1. The lowest BCUT2D eigenvalue weighted by molar-refractivity contribution is -0.113. The molecule has 0 aliphatic heterocycles. The number of hydrogen-bond acceptors (Lipinski definition) is 3. The van der Waals surface area contributed by atoms with Crippen LogP contribution in [0, 0.1) is 6.92 Å². The number of hydrogen-bond donors (Lipinski definition) is 0. The number of para-hydroxylation sites is 1. The van der Waals surface area contributed by atoms with Gasteiger partial charge in [0.15, 0.2) is 0 Å². The molecular formula is C18H16N2OS. The van der Waals surface area contributed by atoms with Gasteiger partial charge in [0.25, 0.3) is 5.91 Å². The van der Waals surface area contributed by atoms with Crippen molar-refractivity contribution in [1.29, 1.82) is 0 Å². The van der Waals surface area contributed by atoms with Crippen molar-refractivity contribution >= 4 is 39.2 Å². The predicted octanol–water partition coefficient (Wildman–Crippen LogP) is 4.28. The molecule has 4 heteroatoms. The molecule has 0 saturated carbocycles. The van der Waals surface area contributed by atoms with E-state index in [1.165, 1.54) is 5.56 Å². The molecule has 0 atom stereocenters. The zero-order valence-corrected chi connectivity index (χ0v) is 13.3. The minimum absolute atomic E-state index is 0.0666. The second-order valence-corrected chi connectivity index (χ2v) is 6.15. The number of anilines is 1. The molecule has 0 N–H and O–H groups in total. The zero-order valence-electron chi connectivity index (χ0n) is 12.5. The highest BCUT2D eigenvalue weighted by Crippen LogP contribution is 2.22. The third-order valence-electron chi connectivity index (χ3n) is 3.43. The molecule has 0 aliphatic carbocycles. The van der Waals surface area contributed by atoms with E-state index in [2.05, 4.69) is 4.98 Å². The van der Waals surface area contributed by atoms with Crippen LogP contribution >= 0.6 is 11.3 Å². The Kier molecular flexibility index (Phi) is 4.02. The van der Waals surface area contributed by atoms with Crippen molar-refractivity contribution in [3.05, 3.63) is 65.2 Å². The molecule has 0 radical (unpaired) electrons. The summed E-state index contributed by atoms with van der Waals surface area (Å²) in [5.41, 5.74) is 3.02. The summed E-state index contributed by atoms with van der Waals surface area (Å²) in [5.74, 6) is -0.0666. The van der Waals surface area contributed by atoms with Gasteiger partial charge in [0.05, 0.1) is 10.2 Å². The number of thiazole rings is 1. The highest BCUT2D eigenvalue weighted by molar-refractivity contribution is 7.19. The van der Waals surface area contributed by atoms with Crippen molar-refractivity contribution in [3.8, 4) is 0 Å². The van der Waals surface area contributed by atoms with Crippen LogP contribution in [0.15, 0.2) is 54.6 Å². The van der Waals surface area contributed by atoms with Crippen molar-refractivity contribution in [1.82, 2.24) is 4.98 Å². The van der Waals surface area contributed by atoms with Gasteiger partial charge in [-0.1, -0.05) is 29.8 Å². The Hall–Kier alpha value is -2.46. The average Bonchev–Trinajstić information content (AvgIpc) is 2.95. The van der Waals surface area contributed by atoms with E-state index in [0.29, 0.717) is 0 Å². The number of nitrogens with zero attached hydrogens (tertiary/aromatic N) is 2. The van der Waals surface area contributed by atoms with Gasteiger partial charge in [-0.05, 0) is 37.3 Å². The quantitative estimate of drug-likeness (QED) is 0.677. The number of fused-ring (bicyclic) bond motifs is 1. The van der Waals surface area contributed by atoms with E-state index in [1.54, 1.807) is 35.4 Å². The first-order valence-electron chi connectivity index (χ1n) is 7.01. The summed E-state index contributed by atoms with van der Waals surface area (Å²) in [6.07, 6.45) is 3.34. The lowest BCUT2D eigenvalue weighted by Gasteiger charge is -2.15. The zero-order chi connectivity index (χ0) is 15.5. The standard InChI is InChI=1S/C18H16N2OS/c1-13-7-9-14(10-8-13)20(2)18(21)12-11-17-19-15-5-3-4-6-16(15)22-17/h3-12H,1-2H3/b12-11+. The Morgan fingerprint density at radius 3 is 2.59 bits per heavy atom. The van der Waals surface area contributed by atoms with Gasteiger partial charge in [-0.25, -0.2) is 4.98 Å². The molecule has 2 aromatic carbocycles. The molecule has 0 fully saturated rings. The summed E-state index contributed by atoms with van der Waals surface area (Å²) in [4.78, 5) is 18.4. The maximum atomic E-state index is 12.2. The molecular weight excluding hydrogens is 292 g/mol. The van der Waals surface area contributed by atoms with Gasteiger partial charge in [0.1, 0.15) is 5.01 Å². The Bertz CT molecular complexity index is 801. The number of benzene rings is 2. The van der Waals surface area contributed by atoms with E-state index in [4.69, 9.17) is 0 Å². The molecule has 0 saturated heterocycles. The van der Waals surface area contributed by atoms with Crippen LogP contribution in [-0.4, -0.2) is 17.9 Å². The molecule has 0 spiro atoms. The van der Waals surface area contributed by atoms with Crippen molar-refractivity contribution in [2.24, 2.45) is 0 Å². The fourth-order valence-corrected chi connectivity index (χ4v) is 2.98. The summed E-state index contributed by atoms with van der Waals surface area (Å²) in [7, 11) is 1.77. The van der Waals surface area contributed by atoms with Crippen LogP contribution in [0.4, 0.5) is 5.69 Å². The number of amides is 1. The second kappa shape index (κ2) is 6.12. The van der Waals surface area contributed by atoms with Gasteiger partial charge in [0.2, 0.25) is 0 Å². The number of aryl methyl sites for hydroxylation is 1. The molecule has 0 bridgehead atoms. The maximum Gasteiger partial charge on any atom is 0.250 e.